The molecule has 0 fully saturated rings. The van der Waals surface area contributed by atoms with Gasteiger partial charge < -0.3 is 10.1 Å². The van der Waals surface area contributed by atoms with Crippen LogP contribution in [0.1, 0.15) is 10.4 Å². The summed E-state index contributed by atoms with van der Waals surface area (Å²) in [5, 5.41) is 3.60. The van der Waals surface area contributed by atoms with Crippen molar-refractivity contribution in [2.75, 3.05) is 13.7 Å². The number of aromatic nitrogens is 1. The summed E-state index contributed by atoms with van der Waals surface area (Å²) in [5.74, 6) is -0.964. The molecule has 3 rings (SSSR count). The second-order valence-electron chi connectivity index (χ2n) is 5.30. The van der Waals surface area contributed by atoms with E-state index in [-0.39, 0.29) is 12.5 Å². The number of para-hydroxylation sites is 1. The molecule has 126 valence electrons. The number of benzene rings is 2. The first-order valence-corrected chi connectivity index (χ1v) is 8.00. The van der Waals surface area contributed by atoms with Crippen LogP contribution in [-0.2, 0) is 9.53 Å². The Morgan fingerprint density at radius 1 is 1.12 bits per heavy atom. The Kier molecular flexibility index (Phi) is 4.95. The fraction of sp³-hybridized carbons (Fsp3) is 0.105. The van der Waals surface area contributed by atoms with Crippen LogP contribution in [0.5, 0.6) is 0 Å². The Balaban J connectivity index is 2.09. The molecule has 1 amide bonds. The summed E-state index contributed by atoms with van der Waals surface area (Å²) < 4.78 is 5.10. The highest BCUT2D eigenvalue weighted by molar-refractivity contribution is 6.33. The van der Waals surface area contributed by atoms with Gasteiger partial charge in [0, 0.05) is 23.0 Å². The first kappa shape index (κ1) is 16.9. The lowest BCUT2D eigenvalue weighted by atomic mass is 10.0. The quantitative estimate of drug-likeness (QED) is 0.728. The standard InChI is InChI=1S/C19H15ClN2O3/c1-21-18(23)11-25-19(24)14-10-17(13-7-2-4-8-15(13)20)22-16-9-5-3-6-12(14)16/h2-10H,11H2,1H3,(H,21,23). The van der Waals surface area contributed by atoms with Crippen molar-refractivity contribution in [3.8, 4) is 11.3 Å². The number of nitrogens with zero attached hydrogens (tertiary/aromatic N) is 1. The number of halogens is 1. The van der Waals surface area contributed by atoms with Gasteiger partial charge in [-0.3, -0.25) is 4.79 Å². The summed E-state index contributed by atoms with van der Waals surface area (Å²) >= 11 is 6.25. The molecule has 0 spiro atoms. The molecule has 0 saturated heterocycles. The minimum atomic E-state index is -0.587. The molecule has 0 saturated carbocycles. The van der Waals surface area contributed by atoms with Gasteiger partial charge in [0.15, 0.2) is 6.61 Å². The fourth-order valence-electron chi connectivity index (χ4n) is 2.43. The van der Waals surface area contributed by atoms with Crippen LogP contribution in [-0.4, -0.2) is 30.5 Å². The zero-order valence-electron chi connectivity index (χ0n) is 13.5. The van der Waals surface area contributed by atoms with Crippen molar-refractivity contribution in [2.45, 2.75) is 0 Å². The number of hydrogen-bond donors (Lipinski definition) is 1. The minimum absolute atomic E-state index is 0.337. The monoisotopic (exact) mass is 354 g/mol. The van der Waals surface area contributed by atoms with Gasteiger partial charge in [-0.15, -0.1) is 0 Å². The topological polar surface area (TPSA) is 68.3 Å². The lowest BCUT2D eigenvalue weighted by Crippen LogP contribution is -2.25. The second kappa shape index (κ2) is 7.32. The zero-order chi connectivity index (χ0) is 17.8. The average Bonchev–Trinajstić information content (AvgIpc) is 2.65. The Bertz CT molecular complexity index is 956. The van der Waals surface area contributed by atoms with Crippen LogP contribution in [0.25, 0.3) is 22.2 Å². The normalized spacial score (nSPS) is 10.5. The summed E-state index contributed by atoms with van der Waals surface area (Å²) in [5.41, 5.74) is 2.27. The molecule has 0 radical (unpaired) electrons. The predicted molar refractivity (Wildman–Crippen MR) is 96.5 cm³/mol. The van der Waals surface area contributed by atoms with Gasteiger partial charge in [0.2, 0.25) is 0 Å². The summed E-state index contributed by atoms with van der Waals surface area (Å²) in [4.78, 5) is 28.4. The van der Waals surface area contributed by atoms with Crippen molar-refractivity contribution in [2.24, 2.45) is 0 Å². The molecule has 0 atom stereocenters. The van der Waals surface area contributed by atoms with Gasteiger partial charge in [-0.25, -0.2) is 9.78 Å². The van der Waals surface area contributed by atoms with E-state index in [2.05, 4.69) is 10.3 Å². The van der Waals surface area contributed by atoms with E-state index in [0.717, 1.165) is 5.56 Å². The number of esters is 1. The van der Waals surface area contributed by atoms with Crippen LogP contribution >= 0.6 is 11.6 Å². The fourth-order valence-corrected chi connectivity index (χ4v) is 2.66. The van der Waals surface area contributed by atoms with Gasteiger partial charge in [0.05, 0.1) is 16.8 Å². The molecule has 1 N–H and O–H groups in total. The van der Waals surface area contributed by atoms with Gasteiger partial charge in [0.25, 0.3) is 5.91 Å². The SMILES string of the molecule is CNC(=O)COC(=O)c1cc(-c2ccccc2Cl)nc2ccccc12. The van der Waals surface area contributed by atoms with E-state index in [9.17, 15) is 9.59 Å². The van der Waals surface area contributed by atoms with Crippen LogP contribution in [0.4, 0.5) is 0 Å². The Morgan fingerprint density at radius 2 is 1.84 bits per heavy atom. The summed E-state index contributed by atoms with van der Waals surface area (Å²) in [7, 11) is 1.48. The largest absolute Gasteiger partial charge is 0.452 e. The van der Waals surface area contributed by atoms with Crippen molar-refractivity contribution in [3.05, 3.63) is 65.2 Å². The van der Waals surface area contributed by atoms with Crippen molar-refractivity contribution in [1.82, 2.24) is 10.3 Å². The number of hydrogen-bond acceptors (Lipinski definition) is 4. The molecule has 2 aromatic carbocycles. The van der Waals surface area contributed by atoms with Crippen LogP contribution < -0.4 is 5.32 Å². The number of fused-ring (bicyclic) bond motifs is 1. The number of likely N-dealkylation sites (N-methyl/N-ethyl adjacent to an activating group) is 1. The van der Waals surface area contributed by atoms with E-state index in [1.54, 1.807) is 18.2 Å². The van der Waals surface area contributed by atoms with Gasteiger partial charge in [-0.05, 0) is 18.2 Å². The maximum atomic E-state index is 12.5. The van der Waals surface area contributed by atoms with E-state index >= 15 is 0 Å². The maximum absolute atomic E-state index is 12.5. The third-order valence-electron chi connectivity index (χ3n) is 3.70. The third kappa shape index (κ3) is 3.61. The van der Waals surface area contributed by atoms with Crippen LogP contribution in [0.2, 0.25) is 5.02 Å². The van der Waals surface area contributed by atoms with E-state index < -0.39 is 5.97 Å². The predicted octanol–water partition coefficient (Wildman–Crippen LogP) is 3.46. The molecule has 1 aromatic heterocycles. The average molecular weight is 355 g/mol. The summed E-state index contributed by atoms with van der Waals surface area (Å²) in [6.07, 6.45) is 0. The molecular weight excluding hydrogens is 340 g/mol. The van der Waals surface area contributed by atoms with Crippen molar-refractivity contribution in [3.63, 3.8) is 0 Å². The third-order valence-corrected chi connectivity index (χ3v) is 4.03. The molecule has 6 heteroatoms. The summed E-state index contributed by atoms with van der Waals surface area (Å²) in [6, 6.07) is 16.2. The molecule has 0 aliphatic rings. The van der Waals surface area contributed by atoms with Gasteiger partial charge in [0.1, 0.15) is 0 Å². The highest BCUT2D eigenvalue weighted by Gasteiger charge is 2.17. The molecule has 0 aliphatic heterocycles. The molecular formula is C19H15ClN2O3. The Hall–Kier alpha value is -2.92. The molecule has 5 nitrogen and oxygen atoms in total. The van der Waals surface area contributed by atoms with E-state index in [1.807, 2.05) is 36.4 Å². The smallest absolute Gasteiger partial charge is 0.339 e. The number of rotatable bonds is 4. The highest BCUT2D eigenvalue weighted by atomic mass is 35.5. The van der Waals surface area contributed by atoms with Crippen molar-refractivity contribution >= 4 is 34.4 Å². The maximum Gasteiger partial charge on any atom is 0.339 e. The molecule has 0 bridgehead atoms. The minimum Gasteiger partial charge on any atom is -0.452 e. The number of ether oxygens (including phenoxy) is 1. The lowest BCUT2D eigenvalue weighted by Gasteiger charge is -2.10. The number of carbonyl (C=O) groups is 2. The molecule has 25 heavy (non-hydrogen) atoms. The van der Waals surface area contributed by atoms with Gasteiger partial charge >= 0.3 is 5.97 Å². The van der Waals surface area contributed by atoms with Crippen LogP contribution in [0.15, 0.2) is 54.6 Å². The first-order chi connectivity index (χ1) is 12.1. The first-order valence-electron chi connectivity index (χ1n) is 7.62. The molecule has 3 aromatic rings. The van der Waals surface area contributed by atoms with E-state index in [4.69, 9.17) is 16.3 Å². The lowest BCUT2D eigenvalue weighted by molar-refractivity contribution is -0.123. The van der Waals surface area contributed by atoms with Crippen LogP contribution in [0.3, 0.4) is 0 Å². The highest BCUT2D eigenvalue weighted by Crippen LogP contribution is 2.30. The van der Waals surface area contributed by atoms with Gasteiger partial charge in [-0.2, -0.15) is 0 Å². The second-order valence-corrected chi connectivity index (χ2v) is 5.71. The van der Waals surface area contributed by atoms with Crippen molar-refractivity contribution < 1.29 is 14.3 Å². The zero-order valence-corrected chi connectivity index (χ0v) is 14.2. The van der Waals surface area contributed by atoms with Crippen LogP contribution in [0, 0.1) is 0 Å². The molecule has 0 aliphatic carbocycles. The number of carbonyl (C=O) groups excluding carboxylic acids is 2. The Labute approximate surface area is 149 Å². The summed E-state index contributed by atoms with van der Waals surface area (Å²) in [6.45, 7) is -0.340. The Morgan fingerprint density at radius 3 is 2.60 bits per heavy atom. The van der Waals surface area contributed by atoms with E-state index in [0.29, 0.717) is 27.2 Å². The molecule has 0 unspecified atom stereocenters. The van der Waals surface area contributed by atoms with E-state index in [1.165, 1.54) is 7.05 Å². The van der Waals surface area contributed by atoms with Gasteiger partial charge in [-0.1, -0.05) is 48.0 Å². The number of pyridine rings is 1. The van der Waals surface area contributed by atoms with Crippen molar-refractivity contribution in [1.29, 1.82) is 0 Å². The number of amides is 1. The number of nitrogens with one attached hydrogen (secondary N) is 1. The molecule has 1 heterocycles.